The number of hydrogen-bond acceptors (Lipinski definition) is 7. The number of benzene rings is 1. The topological polar surface area (TPSA) is 76.6 Å². The minimum absolute atomic E-state index is 0.0542. The molecule has 1 aliphatic heterocycles. The van der Waals surface area contributed by atoms with Crippen molar-refractivity contribution in [3.05, 3.63) is 42.0 Å². The van der Waals surface area contributed by atoms with Crippen molar-refractivity contribution < 1.29 is 17.9 Å². The summed E-state index contributed by atoms with van der Waals surface area (Å²) in [5.74, 6) is 2.23. The number of rotatable bonds is 5. The second kappa shape index (κ2) is 8.91. The maximum Gasteiger partial charge on any atom is 0.573 e. The lowest BCUT2D eigenvalue weighted by atomic mass is 9.93. The predicted octanol–water partition coefficient (Wildman–Crippen LogP) is 4.13. The monoisotopic (exact) mass is 502 g/mol. The number of alkyl halides is 3. The standard InChI is InChI=1S/C24H29F3N8O/c1-14(2)20(17-6-8-18(9-7-17)36-24(25,26)27)33-10-11-34(15(3)12-33)21-19-22(32(5)16(4)29-19)35-13-28-31-23(35)30-21/h6-9,13-15,20H,10-12H2,1-5H3. The fraction of sp³-hybridized carbons (Fsp3) is 0.500. The van der Waals surface area contributed by atoms with Gasteiger partial charge in [0.2, 0.25) is 0 Å². The van der Waals surface area contributed by atoms with E-state index in [0.29, 0.717) is 5.78 Å². The highest BCUT2D eigenvalue weighted by atomic mass is 19.4. The van der Waals surface area contributed by atoms with Crippen molar-refractivity contribution in [2.45, 2.75) is 46.1 Å². The molecule has 1 fully saturated rings. The Morgan fingerprint density at radius 3 is 2.44 bits per heavy atom. The van der Waals surface area contributed by atoms with Crippen molar-refractivity contribution in [1.29, 1.82) is 0 Å². The number of nitrogens with zero attached hydrogens (tertiary/aromatic N) is 8. The maximum atomic E-state index is 12.6. The second-order valence-corrected chi connectivity index (χ2v) is 9.67. The van der Waals surface area contributed by atoms with Gasteiger partial charge in [0, 0.05) is 38.8 Å². The fourth-order valence-corrected chi connectivity index (χ4v) is 5.26. The molecule has 2 unspecified atom stereocenters. The van der Waals surface area contributed by atoms with E-state index >= 15 is 0 Å². The predicted molar refractivity (Wildman–Crippen MR) is 129 cm³/mol. The van der Waals surface area contributed by atoms with Crippen LogP contribution < -0.4 is 9.64 Å². The number of piperazine rings is 1. The van der Waals surface area contributed by atoms with E-state index in [1.165, 1.54) is 12.1 Å². The van der Waals surface area contributed by atoms with Crippen LogP contribution in [0.5, 0.6) is 5.75 Å². The Morgan fingerprint density at radius 1 is 1.08 bits per heavy atom. The smallest absolute Gasteiger partial charge is 0.406 e. The zero-order chi connectivity index (χ0) is 25.8. The summed E-state index contributed by atoms with van der Waals surface area (Å²) < 4.78 is 45.6. The van der Waals surface area contributed by atoms with E-state index in [2.05, 4.69) is 45.5 Å². The van der Waals surface area contributed by atoms with E-state index in [1.807, 2.05) is 22.9 Å². The van der Waals surface area contributed by atoms with E-state index < -0.39 is 6.36 Å². The van der Waals surface area contributed by atoms with Crippen LogP contribution in [0.15, 0.2) is 30.6 Å². The maximum absolute atomic E-state index is 12.6. The third-order valence-electron chi connectivity index (χ3n) is 6.88. The molecule has 0 saturated carbocycles. The molecule has 0 aliphatic carbocycles. The average molecular weight is 503 g/mol. The summed E-state index contributed by atoms with van der Waals surface area (Å²) in [7, 11) is 1.97. The normalized spacial score (nSPS) is 18.5. The van der Waals surface area contributed by atoms with E-state index in [4.69, 9.17) is 9.97 Å². The van der Waals surface area contributed by atoms with Crippen LogP contribution in [0.25, 0.3) is 16.9 Å². The Bertz CT molecular complexity index is 1380. The van der Waals surface area contributed by atoms with Crippen molar-refractivity contribution in [2.24, 2.45) is 13.0 Å². The highest BCUT2D eigenvalue weighted by Gasteiger charge is 2.34. The van der Waals surface area contributed by atoms with Crippen molar-refractivity contribution in [1.82, 2.24) is 34.0 Å². The number of ether oxygens (including phenoxy) is 1. The first-order valence-electron chi connectivity index (χ1n) is 11.9. The summed E-state index contributed by atoms with van der Waals surface area (Å²) in [6.45, 7) is 10.6. The Labute approximate surface area is 206 Å². The van der Waals surface area contributed by atoms with Crippen LogP contribution in [-0.2, 0) is 7.05 Å². The molecule has 0 N–H and O–H groups in total. The molecular formula is C24H29F3N8O. The van der Waals surface area contributed by atoms with Gasteiger partial charge in [-0.15, -0.1) is 23.4 Å². The van der Waals surface area contributed by atoms with Crippen LogP contribution in [-0.4, -0.2) is 66.1 Å². The van der Waals surface area contributed by atoms with Gasteiger partial charge in [0.25, 0.3) is 5.78 Å². The summed E-state index contributed by atoms with van der Waals surface area (Å²) >= 11 is 0. The SMILES string of the molecule is Cc1nc2c(N3CCN(C(c4ccc(OC(F)(F)F)cc4)C(C)C)CC3C)nc3nncn3c2n1C. The lowest BCUT2D eigenvalue weighted by Crippen LogP contribution is -2.54. The molecule has 3 aromatic heterocycles. The van der Waals surface area contributed by atoms with Gasteiger partial charge in [-0.2, -0.15) is 4.98 Å². The quantitative estimate of drug-likeness (QED) is 0.406. The molecule has 9 nitrogen and oxygen atoms in total. The van der Waals surface area contributed by atoms with E-state index in [0.717, 1.165) is 48.0 Å². The van der Waals surface area contributed by atoms with Gasteiger partial charge in [-0.05, 0) is 37.5 Å². The average Bonchev–Trinajstić information content (AvgIpc) is 3.38. The van der Waals surface area contributed by atoms with Crippen molar-refractivity contribution in [3.63, 3.8) is 0 Å². The third-order valence-corrected chi connectivity index (χ3v) is 6.88. The summed E-state index contributed by atoms with van der Waals surface area (Å²) in [5, 5.41) is 8.21. The largest absolute Gasteiger partial charge is 0.573 e. The zero-order valence-electron chi connectivity index (χ0n) is 20.9. The molecule has 4 aromatic rings. The molecule has 1 aromatic carbocycles. The number of hydrogen-bond donors (Lipinski definition) is 0. The van der Waals surface area contributed by atoms with Crippen LogP contribution in [0, 0.1) is 12.8 Å². The van der Waals surface area contributed by atoms with Crippen LogP contribution in [0.3, 0.4) is 0 Å². The zero-order valence-corrected chi connectivity index (χ0v) is 20.9. The van der Waals surface area contributed by atoms with Gasteiger partial charge in [0.1, 0.15) is 23.4 Å². The Morgan fingerprint density at radius 2 is 1.81 bits per heavy atom. The van der Waals surface area contributed by atoms with Gasteiger partial charge < -0.3 is 14.2 Å². The number of halogens is 3. The summed E-state index contributed by atoms with van der Waals surface area (Å²) in [4.78, 5) is 14.3. The first-order chi connectivity index (χ1) is 17.0. The van der Waals surface area contributed by atoms with Gasteiger partial charge in [-0.3, -0.25) is 4.90 Å². The lowest BCUT2D eigenvalue weighted by molar-refractivity contribution is -0.274. The molecule has 4 heterocycles. The number of aryl methyl sites for hydroxylation is 2. The molecule has 192 valence electrons. The van der Waals surface area contributed by atoms with E-state index in [9.17, 15) is 13.2 Å². The molecule has 1 aliphatic rings. The lowest BCUT2D eigenvalue weighted by Gasteiger charge is -2.45. The number of fused-ring (bicyclic) bond motifs is 3. The minimum Gasteiger partial charge on any atom is -0.406 e. The number of anilines is 1. The van der Waals surface area contributed by atoms with E-state index in [-0.39, 0.29) is 23.8 Å². The van der Waals surface area contributed by atoms with Crippen molar-refractivity contribution in [3.8, 4) is 5.75 Å². The molecule has 36 heavy (non-hydrogen) atoms. The third kappa shape index (κ3) is 4.34. The molecule has 12 heteroatoms. The van der Waals surface area contributed by atoms with Crippen molar-refractivity contribution >= 4 is 22.8 Å². The Hall–Kier alpha value is -3.41. The van der Waals surface area contributed by atoms with Crippen LogP contribution in [0.1, 0.15) is 38.2 Å². The fourth-order valence-electron chi connectivity index (χ4n) is 5.26. The highest BCUT2D eigenvalue weighted by Crippen LogP contribution is 2.35. The Balaban J connectivity index is 1.41. The minimum atomic E-state index is -4.70. The molecular weight excluding hydrogens is 473 g/mol. The first kappa shape index (κ1) is 24.3. The molecule has 1 saturated heterocycles. The number of aromatic nitrogens is 6. The van der Waals surface area contributed by atoms with Crippen LogP contribution >= 0.6 is 0 Å². The molecule has 0 bridgehead atoms. The highest BCUT2D eigenvalue weighted by molar-refractivity contribution is 5.86. The van der Waals surface area contributed by atoms with Gasteiger partial charge in [0.15, 0.2) is 11.5 Å². The molecule has 5 rings (SSSR count). The van der Waals surface area contributed by atoms with Crippen LogP contribution in [0.4, 0.5) is 19.0 Å². The second-order valence-electron chi connectivity index (χ2n) is 9.67. The molecule has 0 spiro atoms. The summed E-state index contributed by atoms with van der Waals surface area (Å²) in [5.41, 5.74) is 2.67. The van der Waals surface area contributed by atoms with Gasteiger partial charge in [-0.25, -0.2) is 9.38 Å². The van der Waals surface area contributed by atoms with Gasteiger partial charge >= 0.3 is 6.36 Å². The van der Waals surface area contributed by atoms with E-state index in [1.54, 1.807) is 18.5 Å². The molecule has 0 amide bonds. The summed E-state index contributed by atoms with van der Waals surface area (Å²) in [6.07, 6.45) is -3.05. The molecule has 2 atom stereocenters. The van der Waals surface area contributed by atoms with Crippen LogP contribution in [0.2, 0.25) is 0 Å². The van der Waals surface area contributed by atoms with Gasteiger partial charge in [0.05, 0.1) is 0 Å². The first-order valence-corrected chi connectivity index (χ1v) is 11.9. The van der Waals surface area contributed by atoms with Gasteiger partial charge in [-0.1, -0.05) is 26.0 Å². The Kier molecular flexibility index (Phi) is 6.01. The van der Waals surface area contributed by atoms with Crippen molar-refractivity contribution in [2.75, 3.05) is 24.5 Å². The number of imidazole rings is 1. The molecule has 0 radical (unpaired) electrons. The summed E-state index contributed by atoms with van der Waals surface area (Å²) in [6, 6.07) is 6.40.